The zero-order valence-electron chi connectivity index (χ0n) is 11.2. The second kappa shape index (κ2) is 5.66. The van der Waals surface area contributed by atoms with E-state index in [0.29, 0.717) is 31.6 Å². The van der Waals surface area contributed by atoms with Crippen molar-refractivity contribution in [2.24, 2.45) is 5.92 Å². The topological polar surface area (TPSA) is 71.9 Å². The van der Waals surface area contributed by atoms with Gasteiger partial charge in [0.2, 0.25) is 5.88 Å². The first-order valence-electron chi connectivity index (χ1n) is 6.94. The van der Waals surface area contributed by atoms with Crippen LogP contribution in [0.3, 0.4) is 0 Å². The highest BCUT2D eigenvalue weighted by Gasteiger charge is 2.23. The van der Waals surface area contributed by atoms with E-state index in [9.17, 15) is 4.79 Å². The van der Waals surface area contributed by atoms with Crippen molar-refractivity contribution in [3.63, 3.8) is 0 Å². The van der Waals surface area contributed by atoms with E-state index in [4.69, 9.17) is 14.6 Å². The summed E-state index contributed by atoms with van der Waals surface area (Å²) in [6.07, 6.45) is 2.30. The Kier molecular flexibility index (Phi) is 3.73. The Morgan fingerprint density at radius 2 is 2.15 bits per heavy atom. The van der Waals surface area contributed by atoms with Gasteiger partial charge in [0.1, 0.15) is 0 Å². The number of anilines is 1. The molecule has 0 unspecified atom stereocenters. The van der Waals surface area contributed by atoms with E-state index in [1.165, 1.54) is 6.07 Å². The fourth-order valence-corrected chi connectivity index (χ4v) is 2.43. The number of hydrogen-bond acceptors (Lipinski definition) is 5. The summed E-state index contributed by atoms with van der Waals surface area (Å²) in [5.41, 5.74) is 0.917. The van der Waals surface area contributed by atoms with Gasteiger partial charge in [-0.3, -0.25) is 0 Å². The van der Waals surface area contributed by atoms with E-state index in [2.05, 4.69) is 9.88 Å². The SMILES string of the molecule is O=C(O)c1ccc(N2CCCC2)c(OCC2COC2)n1. The molecule has 0 aromatic carbocycles. The molecule has 0 aliphatic carbocycles. The van der Waals surface area contributed by atoms with Crippen LogP contribution in [0.1, 0.15) is 23.3 Å². The largest absolute Gasteiger partial charge is 0.477 e. The van der Waals surface area contributed by atoms with Crippen LogP contribution in [0.15, 0.2) is 12.1 Å². The van der Waals surface area contributed by atoms with Gasteiger partial charge < -0.3 is 19.5 Å². The number of carboxylic acid groups (broad SMARTS) is 1. The molecule has 2 aliphatic heterocycles. The van der Waals surface area contributed by atoms with Gasteiger partial charge in [0.15, 0.2) is 5.69 Å². The van der Waals surface area contributed by atoms with Gasteiger partial charge in [-0.15, -0.1) is 0 Å². The van der Waals surface area contributed by atoms with Crippen LogP contribution in [0.25, 0.3) is 0 Å². The molecular formula is C14H18N2O4. The average molecular weight is 278 g/mol. The van der Waals surface area contributed by atoms with Crippen LogP contribution < -0.4 is 9.64 Å². The highest BCUT2D eigenvalue weighted by Crippen LogP contribution is 2.30. The lowest BCUT2D eigenvalue weighted by Crippen LogP contribution is -2.33. The van der Waals surface area contributed by atoms with E-state index in [0.717, 1.165) is 31.6 Å². The van der Waals surface area contributed by atoms with Crippen molar-refractivity contribution < 1.29 is 19.4 Å². The maximum atomic E-state index is 11.0. The number of carboxylic acids is 1. The molecule has 2 saturated heterocycles. The molecule has 3 heterocycles. The summed E-state index contributed by atoms with van der Waals surface area (Å²) in [6, 6.07) is 3.34. The summed E-state index contributed by atoms with van der Waals surface area (Å²) in [7, 11) is 0. The van der Waals surface area contributed by atoms with Gasteiger partial charge in [0.25, 0.3) is 0 Å². The molecule has 1 N–H and O–H groups in total. The van der Waals surface area contributed by atoms with Gasteiger partial charge in [-0.2, -0.15) is 0 Å². The molecule has 2 aliphatic rings. The van der Waals surface area contributed by atoms with E-state index in [1.807, 2.05) is 0 Å². The Bertz CT molecular complexity index is 496. The molecule has 20 heavy (non-hydrogen) atoms. The Hall–Kier alpha value is -1.82. The number of aromatic nitrogens is 1. The van der Waals surface area contributed by atoms with Crippen molar-refractivity contribution in [2.75, 3.05) is 37.8 Å². The van der Waals surface area contributed by atoms with E-state index in [-0.39, 0.29) is 5.69 Å². The number of aromatic carboxylic acids is 1. The fourth-order valence-electron chi connectivity index (χ4n) is 2.43. The number of pyridine rings is 1. The molecule has 1 aromatic heterocycles. The van der Waals surface area contributed by atoms with Gasteiger partial charge in [-0.25, -0.2) is 9.78 Å². The summed E-state index contributed by atoms with van der Waals surface area (Å²) in [5.74, 6) is -0.217. The first-order valence-corrected chi connectivity index (χ1v) is 6.94. The lowest BCUT2D eigenvalue weighted by Gasteiger charge is -2.27. The normalized spacial score (nSPS) is 18.9. The number of ether oxygens (including phenoxy) is 2. The molecule has 0 atom stereocenters. The lowest BCUT2D eigenvalue weighted by molar-refractivity contribution is -0.0513. The summed E-state index contributed by atoms with van der Waals surface area (Å²) in [4.78, 5) is 17.4. The monoisotopic (exact) mass is 278 g/mol. The summed E-state index contributed by atoms with van der Waals surface area (Å²) >= 11 is 0. The molecule has 0 radical (unpaired) electrons. The Morgan fingerprint density at radius 3 is 2.75 bits per heavy atom. The molecule has 0 amide bonds. The number of rotatable bonds is 5. The molecule has 2 fully saturated rings. The van der Waals surface area contributed by atoms with Crippen LogP contribution in [-0.2, 0) is 4.74 Å². The van der Waals surface area contributed by atoms with Gasteiger partial charge in [-0.05, 0) is 25.0 Å². The van der Waals surface area contributed by atoms with E-state index >= 15 is 0 Å². The van der Waals surface area contributed by atoms with Crippen molar-refractivity contribution in [3.05, 3.63) is 17.8 Å². The molecule has 108 valence electrons. The summed E-state index contributed by atoms with van der Waals surface area (Å²) in [6.45, 7) is 3.88. The Balaban J connectivity index is 1.80. The molecule has 3 rings (SSSR count). The molecule has 0 spiro atoms. The minimum absolute atomic E-state index is 0.0211. The number of hydrogen-bond donors (Lipinski definition) is 1. The molecule has 6 heteroatoms. The predicted octanol–water partition coefficient (Wildman–Crippen LogP) is 1.41. The lowest BCUT2D eigenvalue weighted by atomic mass is 10.1. The minimum Gasteiger partial charge on any atom is -0.477 e. The van der Waals surface area contributed by atoms with E-state index in [1.54, 1.807) is 6.07 Å². The summed E-state index contributed by atoms with van der Waals surface area (Å²) < 4.78 is 10.9. The van der Waals surface area contributed by atoms with Gasteiger partial charge in [-0.1, -0.05) is 0 Å². The van der Waals surface area contributed by atoms with Crippen LogP contribution in [0.5, 0.6) is 5.88 Å². The standard InChI is InChI=1S/C14H18N2O4/c17-14(18)11-3-4-12(16-5-1-2-6-16)13(15-11)20-9-10-7-19-8-10/h3-4,10H,1-2,5-9H2,(H,17,18). The highest BCUT2D eigenvalue weighted by atomic mass is 16.5. The van der Waals surface area contributed by atoms with Crippen molar-refractivity contribution in [1.29, 1.82) is 0 Å². The third-order valence-corrected chi connectivity index (χ3v) is 3.67. The maximum Gasteiger partial charge on any atom is 0.354 e. The van der Waals surface area contributed by atoms with Crippen LogP contribution in [0.4, 0.5) is 5.69 Å². The smallest absolute Gasteiger partial charge is 0.354 e. The highest BCUT2D eigenvalue weighted by molar-refractivity contribution is 5.86. The molecule has 0 bridgehead atoms. The van der Waals surface area contributed by atoms with E-state index < -0.39 is 5.97 Å². The minimum atomic E-state index is -1.03. The van der Waals surface area contributed by atoms with Crippen molar-refractivity contribution >= 4 is 11.7 Å². The van der Waals surface area contributed by atoms with Gasteiger partial charge in [0.05, 0.1) is 25.5 Å². The third kappa shape index (κ3) is 2.70. The first-order chi connectivity index (χ1) is 9.74. The molecule has 6 nitrogen and oxygen atoms in total. The zero-order chi connectivity index (χ0) is 13.9. The zero-order valence-corrected chi connectivity index (χ0v) is 11.2. The second-order valence-corrected chi connectivity index (χ2v) is 5.23. The molecular weight excluding hydrogens is 260 g/mol. The van der Waals surface area contributed by atoms with Crippen LogP contribution in [0.2, 0.25) is 0 Å². The van der Waals surface area contributed by atoms with Crippen molar-refractivity contribution in [2.45, 2.75) is 12.8 Å². The molecule has 1 aromatic rings. The quantitative estimate of drug-likeness (QED) is 0.878. The third-order valence-electron chi connectivity index (χ3n) is 3.67. The van der Waals surface area contributed by atoms with Crippen molar-refractivity contribution in [3.8, 4) is 5.88 Å². The van der Waals surface area contributed by atoms with Crippen molar-refractivity contribution in [1.82, 2.24) is 4.98 Å². The maximum absolute atomic E-state index is 11.0. The summed E-state index contributed by atoms with van der Waals surface area (Å²) in [5, 5.41) is 9.05. The van der Waals surface area contributed by atoms with Crippen LogP contribution in [0, 0.1) is 5.92 Å². The molecule has 0 saturated carbocycles. The second-order valence-electron chi connectivity index (χ2n) is 5.23. The number of nitrogens with zero attached hydrogens (tertiary/aromatic N) is 2. The van der Waals surface area contributed by atoms with Crippen LogP contribution >= 0.6 is 0 Å². The fraction of sp³-hybridized carbons (Fsp3) is 0.571. The average Bonchev–Trinajstić information content (AvgIpc) is 2.90. The Labute approximate surface area is 117 Å². The Morgan fingerprint density at radius 1 is 1.40 bits per heavy atom. The van der Waals surface area contributed by atoms with Gasteiger partial charge in [0, 0.05) is 19.0 Å². The predicted molar refractivity (Wildman–Crippen MR) is 72.4 cm³/mol. The first kappa shape index (κ1) is 13.2. The van der Waals surface area contributed by atoms with Gasteiger partial charge >= 0.3 is 5.97 Å². The number of carbonyl (C=O) groups is 1. The van der Waals surface area contributed by atoms with Crippen LogP contribution in [-0.4, -0.2) is 49.0 Å².